The summed E-state index contributed by atoms with van der Waals surface area (Å²) in [6.45, 7) is 5.85. The number of fused-ring (bicyclic) bond motifs is 8. The Morgan fingerprint density at radius 3 is 2.67 bits per heavy atom. The van der Waals surface area contributed by atoms with Crippen molar-refractivity contribution in [3.05, 3.63) is 93.7 Å². The monoisotopic (exact) mass is 755 g/mol. The van der Waals surface area contributed by atoms with Crippen LogP contribution in [0, 0.1) is 13.8 Å². The Hall–Kier alpha value is -3.90. The van der Waals surface area contributed by atoms with Gasteiger partial charge in [-0.25, -0.2) is 9.48 Å². The van der Waals surface area contributed by atoms with E-state index in [1.54, 1.807) is 23.5 Å². The molecule has 12 heteroatoms. The predicted octanol–water partition coefficient (Wildman–Crippen LogP) is 9.66. The molecule has 8 rings (SSSR count). The Bertz CT molecular complexity index is 2300. The van der Waals surface area contributed by atoms with E-state index in [4.69, 9.17) is 36.0 Å². The van der Waals surface area contributed by atoms with Crippen molar-refractivity contribution in [2.75, 3.05) is 20.3 Å². The van der Waals surface area contributed by atoms with Crippen molar-refractivity contribution in [2.45, 2.75) is 74.5 Å². The smallest absolute Gasteiger partial charge is 0.354 e. The van der Waals surface area contributed by atoms with Gasteiger partial charge in [-0.2, -0.15) is 10.2 Å². The predicted molar refractivity (Wildman–Crippen MR) is 210 cm³/mol. The Morgan fingerprint density at radius 2 is 1.85 bits per heavy atom. The van der Waals surface area contributed by atoms with Gasteiger partial charge in [0.15, 0.2) is 0 Å². The van der Waals surface area contributed by atoms with Crippen LogP contribution in [0.1, 0.15) is 70.7 Å². The third-order valence-corrected chi connectivity index (χ3v) is 12.5. The quantitative estimate of drug-likeness (QED) is 0.162. The van der Waals surface area contributed by atoms with Crippen LogP contribution in [-0.2, 0) is 40.3 Å². The van der Waals surface area contributed by atoms with Gasteiger partial charge in [-0.05, 0) is 80.8 Å². The first kappa shape index (κ1) is 35.1. The minimum Gasteiger partial charge on any atom is -0.493 e. The number of hydrogen-bond acceptors (Lipinski definition) is 8. The van der Waals surface area contributed by atoms with E-state index in [9.17, 15) is 4.79 Å². The maximum atomic E-state index is 13.5. The minimum absolute atomic E-state index is 0.133. The van der Waals surface area contributed by atoms with E-state index in [1.165, 1.54) is 7.11 Å². The maximum absolute atomic E-state index is 13.5. The van der Waals surface area contributed by atoms with Crippen LogP contribution >= 0.6 is 35.1 Å². The Balaban J connectivity index is 1.27. The summed E-state index contributed by atoms with van der Waals surface area (Å²) in [7, 11) is 3.45. The lowest BCUT2D eigenvalue weighted by Gasteiger charge is -2.24. The number of halogens is 1. The van der Waals surface area contributed by atoms with Gasteiger partial charge in [-0.3, -0.25) is 4.68 Å². The number of nitrogens with zero attached hydrogens (tertiary/aromatic N) is 5. The van der Waals surface area contributed by atoms with Gasteiger partial charge in [0.05, 0.1) is 25.1 Å². The number of thioether (sulfide) groups is 2. The van der Waals surface area contributed by atoms with E-state index in [2.05, 4.69) is 52.6 Å². The average molecular weight is 756 g/mol. The van der Waals surface area contributed by atoms with Crippen LogP contribution in [0.2, 0.25) is 5.02 Å². The van der Waals surface area contributed by atoms with Crippen molar-refractivity contribution in [3.8, 4) is 16.9 Å². The summed E-state index contributed by atoms with van der Waals surface area (Å²) in [5.41, 5.74) is 8.29. The highest BCUT2D eigenvalue weighted by Gasteiger charge is 2.30. The van der Waals surface area contributed by atoms with Gasteiger partial charge in [-0.15, -0.1) is 23.5 Å². The van der Waals surface area contributed by atoms with Gasteiger partial charge in [0.25, 0.3) is 0 Å². The lowest BCUT2D eigenvalue weighted by atomic mass is 9.97. The molecule has 8 bridgehead atoms. The number of esters is 1. The molecule has 1 unspecified atom stereocenters. The summed E-state index contributed by atoms with van der Waals surface area (Å²) >= 11 is 10.8. The summed E-state index contributed by atoms with van der Waals surface area (Å²) < 4.78 is 24.3. The first-order chi connectivity index (χ1) is 25.3. The number of aromatic nitrogens is 5. The molecule has 52 heavy (non-hydrogen) atoms. The summed E-state index contributed by atoms with van der Waals surface area (Å²) in [5, 5.41) is 13.9. The molecule has 0 radical (unpaired) electrons. The molecule has 6 aromatic rings. The normalized spacial score (nSPS) is 17.1. The molecule has 9 nitrogen and oxygen atoms in total. The fraction of sp³-hybridized carbons (Fsp3) is 0.375. The van der Waals surface area contributed by atoms with E-state index in [-0.39, 0.29) is 12.2 Å². The van der Waals surface area contributed by atoms with Crippen molar-refractivity contribution >= 4 is 62.8 Å². The first-order valence-electron chi connectivity index (χ1n) is 17.8. The summed E-state index contributed by atoms with van der Waals surface area (Å²) in [4.78, 5) is 14.6. The highest BCUT2D eigenvalue weighted by molar-refractivity contribution is 7.98. The van der Waals surface area contributed by atoms with E-state index in [0.29, 0.717) is 36.0 Å². The molecular formula is C40H42ClN5O4S2. The summed E-state index contributed by atoms with van der Waals surface area (Å²) in [6, 6.07) is 18.9. The topological polar surface area (TPSA) is 85.3 Å². The third-order valence-electron chi connectivity index (χ3n) is 10.2. The number of carbonyl (C=O) groups is 1. The van der Waals surface area contributed by atoms with Gasteiger partial charge < -0.3 is 18.8 Å². The van der Waals surface area contributed by atoms with Crippen LogP contribution in [0.15, 0.2) is 59.5 Å². The molecule has 0 saturated carbocycles. The van der Waals surface area contributed by atoms with E-state index in [1.807, 2.05) is 36.9 Å². The maximum Gasteiger partial charge on any atom is 0.354 e. The van der Waals surface area contributed by atoms with E-state index in [0.717, 1.165) is 109 Å². The highest BCUT2D eigenvalue weighted by atomic mass is 35.5. The molecule has 2 aliphatic heterocycles. The van der Waals surface area contributed by atoms with Gasteiger partial charge >= 0.3 is 5.97 Å². The number of methoxy groups -OCH3 is 1. The van der Waals surface area contributed by atoms with Crippen LogP contribution in [0.25, 0.3) is 32.8 Å². The second-order valence-electron chi connectivity index (χ2n) is 13.5. The van der Waals surface area contributed by atoms with Crippen LogP contribution in [0.4, 0.5) is 0 Å². The molecule has 5 heterocycles. The second-order valence-corrected chi connectivity index (χ2v) is 15.9. The molecule has 1 atom stereocenters. The first-order valence-corrected chi connectivity index (χ1v) is 20.3. The fourth-order valence-electron chi connectivity index (χ4n) is 7.69. The van der Waals surface area contributed by atoms with Crippen molar-refractivity contribution in [3.63, 3.8) is 0 Å². The number of rotatable bonds is 2. The SMILES string of the molecule is COC(=O)c1c(C)c2c3c(Cl)ccc2n1CCCOc1cc(cc2ccccc12)SCc1cc(nn1C)CSCc1nn(C2CCCCO2)c(C)c1-3. The highest BCUT2D eigenvalue weighted by Crippen LogP contribution is 2.44. The van der Waals surface area contributed by atoms with Gasteiger partial charge in [0.2, 0.25) is 0 Å². The number of carbonyl (C=O) groups excluding carboxylic acids is 1. The van der Waals surface area contributed by atoms with Crippen LogP contribution in [0.3, 0.4) is 0 Å². The number of ether oxygens (including phenoxy) is 3. The summed E-state index contributed by atoms with van der Waals surface area (Å²) in [6.07, 6.45) is 3.59. The Labute approximate surface area is 316 Å². The molecule has 0 spiro atoms. The molecule has 3 aromatic carbocycles. The minimum atomic E-state index is -0.379. The molecule has 0 amide bonds. The molecule has 2 aliphatic rings. The van der Waals surface area contributed by atoms with Crippen molar-refractivity contribution in [2.24, 2.45) is 7.05 Å². The van der Waals surface area contributed by atoms with E-state index < -0.39 is 0 Å². The van der Waals surface area contributed by atoms with Crippen LogP contribution in [0.5, 0.6) is 5.75 Å². The molecular weight excluding hydrogens is 714 g/mol. The number of aryl methyl sites for hydroxylation is 3. The van der Waals surface area contributed by atoms with Crippen molar-refractivity contribution in [1.82, 2.24) is 24.1 Å². The largest absolute Gasteiger partial charge is 0.493 e. The zero-order valence-corrected chi connectivity index (χ0v) is 32.3. The molecule has 1 saturated heterocycles. The lowest BCUT2D eigenvalue weighted by Crippen LogP contribution is -2.20. The van der Waals surface area contributed by atoms with Gasteiger partial charge in [-0.1, -0.05) is 35.9 Å². The molecule has 1 fully saturated rings. The van der Waals surface area contributed by atoms with Gasteiger partial charge in [0.1, 0.15) is 17.7 Å². The second kappa shape index (κ2) is 14.9. The zero-order chi connectivity index (χ0) is 35.9. The Morgan fingerprint density at radius 1 is 0.981 bits per heavy atom. The molecule has 0 aliphatic carbocycles. The van der Waals surface area contributed by atoms with Crippen LogP contribution < -0.4 is 4.74 Å². The zero-order valence-electron chi connectivity index (χ0n) is 29.9. The lowest BCUT2D eigenvalue weighted by molar-refractivity contribution is -0.0407. The summed E-state index contributed by atoms with van der Waals surface area (Å²) in [5.74, 6) is 2.65. The van der Waals surface area contributed by atoms with Crippen LogP contribution in [-0.4, -0.2) is 50.4 Å². The average Bonchev–Trinajstić information content (AvgIpc) is 3.78. The standard InChI is InChI=1S/C40H42ClN5O4S2/c1-24-36-33-14-13-31(41)38(36)37-25(2)46(35-12-7-8-16-50-35)43-32(37)23-51-21-27-19-28(44(3)42-27)22-52-29-18-26-10-5-6-11-30(26)34(20-29)49-17-9-15-45(33)39(24)40(47)48-4/h5-6,10-11,13-14,18-20,35H,7-9,12,15-17,21-23H2,1-4H3. The molecule has 3 aromatic heterocycles. The molecule has 0 N–H and O–H groups in total. The third kappa shape index (κ3) is 6.50. The number of hydrogen-bond donors (Lipinski definition) is 0. The van der Waals surface area contributed by atoms with Gasteiger partial charge in [0, 0.05) is 86.2 Å². The Kier molecular flexibility index (Phi) is 10.0. The molecule has 270 valence electrons. The number of benzene rings is 3. The van der Waals surface area contributed by atoms with E-state index >= 15 is 0 Å². The fourth-order valence-corrected chi connectivity index (χ4v) is 9.78. The van der Waals surface area contributed by atoms with Crippen molar-refractivity contribution < 1.29 is 19.0 Å². The van der Waals surface area contributed by atoms with Crippen molar-refractivity contribution in [1.29, 1.82) is 0 Å².